The van der Waals surface area contributed by atoms with Crippen LogP contribution in [0.1, 0.15) is 0 Å². The van der Waals surface area contributed by atoms with Crippen LogP contribution in [0.4, 0.5) is 5.82 Å². The highest BCUT2D eigenvalue weighted by molar-refractivity contribution is 5.90. The monoisotopic (exact) mass is 349 g/mol. The van der Waals surface area contributed by atoms with Gasteiger partial charge >= 0.3 is 0 Å². The van der Waals surface area contributed by atoms with E-state index in [0.717, 1.165) is 22.3 Å². The third-order valence-corrected chi connectivity index (χ3v) is 4.44. The van der Waals surface area contributed by atoms with Crippen LogP contribution in [0.3, 0.4) is 0 Å². The smallest absolute Gasteiger partial charge is 0.145 e. The van der Waals surface area contributed by atoms with E-state index in [9.17, 15) is 5.11 Å². The first-order valence-electron chi connectivity index (χ1n) is 8.12. The second-order valence-electron chi connectivity index (χ2n) is 5.99. The number of aromatic nitrogens is 2. The molecule has 0 amide bonds. The number of rotatable bonds is 4. The number of methoxy groups -OCH3 is 2. The molecule has 2 aromatic heterocycles. The molecule has 0 bridgehead atoms. The van der Waals surface area contributed by atoms with Crippen molar-refractivity contribution >= 4 is 16.7 Å². The first-order valence-corrected chi connectivity index (χ1v) is 8.12. The lowest BCUT2D eigenvalue weighted by Crippen LogP contribution is -2.01. The number of hydrogen-bond donors (Lipinski definition) is 3. The molecule has 0 atom stereocenters. The number of hydrogen-bond acceptors (Lipinski definition) is 4. The molecule has 0 saturated carbocycles. The van der Waals surface area contributed by atoms with Gasteiger partial charge < -0.3 is 25.3 Å². The maximum absolute atomic E-state index is 10.5. The van der Waals surface area contributed by atoms with Gasteiger partial charge in [0.25, 0.3) is 0 Å². The van der Waals surface area contributed by atoms with Gasteiger partial charge in [-0.1, -0.05) is 18.2 Å². The van der Waals surface area contributed by atoms with E-state index in [-0.39, 0.29) is 5.75 Å². The third kappa shape index (κ3) is 2.52. The van der Waals surface area contributed by atoms with Crippen LogP contribution in [0.2, 0.25) is 0 Å². The van der Waals surface area contributed by atoms with E-state index in [0.29, 0.717) is 22.9 Å². The Morgan fingerprint density at radius 3 is 2.35 bits per heavy atom. The lowest BCUT2D eigenvalue weighted by Gasteiger charge is -2.11. The normalized spacial score (nSPS) is 11.0. The summed E-state index contributed by atoms with van der Waals surface area (Å²) in [5, 5.41) is 11.6. The molecule has 0 unspecified atom stereocenters. The minimum Gasteiger partial charge on any atom is -0.506 e. The molecular formula is C20H19N3O3. The topological polar surface area (TPSA) is 85.4 Å². The Bertz CT molecular complexity index is 1040. The first kappa shape index (κ1) is 16.0. The van der Waals surface area contributed by atoms with Crippen molar-refractivity contribution in [3.05, 3.63) is 54.7 Å². The molecule has 6 nitrogen and oxygen atoms in total. The van der Waals surface area contributed by atoms with E-state index in [1.54, 1.807) is 31.0 Å². The van der Waals surface area contributed by atoms with Crippen molar-refractivity contribution < 1.29 is 14.6 Å². The number of aromatic hydroxyl groups is 1. The van der Waals surface area contributed by atoms with E-state index in [1.165, 1.54) is 0 Å². The quantitative estimate of drug-likeness (QED) is 0.521. The molecule has 0 aliphatic carbocycles. The SMILES string of the molecule is COc1cc(OC)cc(-n2cc(O)c(-c3cc4ccccc4[nH]3)c2N)c1. The second kappa shape index (κ2) is 6.07. The van der Waals surface area contributed by atoms with Gasteiger partial charge in [0, 0.05) is 29.1 Å². The fourth-order valence-electron chi connectivity index (χ4n) is 3.14. The van der Waals surface area contributed by atoms with Crippen molar-refractivity contribution in [2.75, 3.05) is 20.0 Å². The molecule has 2 aromatic carbocycles. The van der Waals surface area contributed by atoms with E-state index in [2.05, 4.69) is 4.98 Å². The van der Waals surface area contributed by atoms with Crippen molar-refractivity contribution in [2.45, 2.75) is 0 Å². The Morgan fingerprint density at radius 2 is 1.69 bits per heavy atom. The standard InChI is InChI=1S/C20H19N3O3/c1-25-14-8-13(9-15(10-14)26-2)23-11-18(24)19(20(23)21)17-7-12-5-3-4-6-16(12)22-17/h3-11,22,24H,21H2,1-2H3. The summed E-state index contributed by atoms with van der Waals surface area (Å²) in [6.07, 6.45) is 1.59. The molecule has 132 valence electrons. The molecule has 0 saturated heterocycles. The number of nitrogens with one attached hydrogen (secondary N) is 1. The van der Waals surface area contributed by atoms with Crippen molar-refractivity contribution in [2.24, 2.45) is 0 Å². The summed E-state index contributed by atoms with van der Waals surface area (Å²) in [5.41, 5.74) is 9.41. The van der Waals surface area contributed by atoms with Crippen molar-refractivity contribution in [1.82, 2.24) is 9.55 Å². The van der Waals surface area contributed by atoms with Gasteiger partial charge in [-0.2, -0.15) is 0 Å². The summed E-state index contributed by atoms with van der Waals surface area (Å²) in [7, 11) is 3.18. The zero-order valence-corrected chi connectivity index (χ0v) is 14.5. The zero-order valence-electron chi connectivity index (χ0n) is 14.5. The van der Waals surface area contributed by atoms with Crippen LogP contribution in [-0.2, 0) is 0 Å². The number of benzene rings is 2. The Kier molecular flexibility index (Phi) is 3.73. The lowest BCUT2D eigenvalue weighted by atomic mass is 10.2. The number of fused-ring (bicyclic) bond motifs is 1. The zero-order chi connectivity index (χ0) is 18.3. The maximum atomic E-state index is 10.5. The van der Waals surface area contributed by atoms with Gasteiger partial charge in [0.2, 0.25) is 0 Å². The third-order valence-electron chi connectivity index (χ3n) is 4.44. The number of nitrogens with zero attached hydrogens (tertiary/aromatic N) is 1. The van der Waals surface area contributed by atoms with Crippen molar-refractivity contribution in [3.63, 3.8) is 0 Å². The number of ether oxygens (including phenoxy) is 2. The molecule has 4 aromatic rings. The molecule has 0 radical (unpaired) electrons. The summed E-state index contributed by atoms with van der Waals surface area (Å²) in [5.74, 6) is 1.79. The molecule has 0 fully saturated rings. The van der Waals surface area contributed by atoms with E-state index in [4.69, 9.17) is 15.2 Å². The van der Waals surface area contributed by atoms with Crippen LogP contribution in [0, 0.1) is 0 Å². The minimum absolute atomic E-state index is 0.0934. The maximum Gasteiger partial charge on any atom is 0.145 e. The number of anilines is 1. The molecule has 26 heavy (non-hydrogen) atoms. The van der Waals surface area contributed by atoms with Gasteiger partial charge in [0.15, 0.2) is 0 Å². The van der Waals surface area contributed by atoms with E-state index in [1.807, 2.05) is 42.5 Å². The Labute approximate surface area is 150 Å². The van der Waals surface area contributed by atoms with Crippen molar-refractivity contribution in [1.29, 1.82) is 0 Å². The van der Waals surface area contributed by atoms with Gasteiger partial charge in [0.05, 0.1) is 37.4 Å². The van der Waals surface area contributed by atoms with Crippen LogP contribution in [0.25, 0.3) is 27.8 Å². The average molecular weight is 349 g/mol. The van der Waals surface area contributed by atoms with Crippen LogP contribution in [0.5, 0.6) is 17.2 Å². The Balaban J connectivity index is 1.87. The van der Waals surface area contributed by atoms with Gasteiger partial charge in [-0.3, -0.25) is 4.57 Å². The van der Waals surface area contributed by atoms with Crippen LogP contribution in [-0.4, -0.2) is 28.9 Å². The summed E-state index contributed by atoms with van der Waals surface area (Å²) >= 11 is 0. The van der Waals surface area contributed by atoms with Crippen LogP contribution >= 0.6 is 0 Å². The summed E-state index contributed by atoms with van der Waals surface area (Å²) < 4.78 is 12.3. The summed E-state index contributed by atoms with van der Waals surface area (Å²) in [6.45, 7) is 0. The largest absolute Gasteiger partial charge is 0.506 e. The first-order chi connectivity index (χ1) is 12.6. The number of H-pyrrole nitrogens is 1. The molecule has 0 spiro atoms. The fraction of sp³-hybridized carbons (Fsp3) is 0.100. The molecule has 6 heteroatoms. The van der Waals surface area contributed by atoms with Gasteiger partial charge in [-0.15, -0.1) is 0 Å². The van der Waals surface area contributed by atoms with Crippen LogP contribution < -0.4 is 15.2 Å². The number of nitrogens with two attached hydrogens (primary N) is 1. The van der Waals surface area contributed by atoms with E-state index >= 15 is 0 Å². The fourth-order valence-corrected chi connectivity index (χ4v) is 3.14. The Hall–Kier alpha value is -3.54. The highest BCUT2D eigenvalue weighted by atomic mass is 16.5. The van der Waals surface area contributed by atoms with Gasteiger partial charge in [0.1, 0.15) is 23.1 Å². The highest BCUT2D eigenvalue weighted by Gasteiger charge is 2.18. The molecule has 4 rings (SSSR count). The highest BCUT2D eigenvalue weighted by Crippen LogP contribution is 2.39. The minimum atomic E-state index is 0.0934. The molecule has 0 aliphatic rings. The van der Waals surface area contributed by atoms with Gasteiger partial charge in [-0.25, -0.2) is 0 Å². The van der Waals surface area contributed by atoms with Crippen molar-refractivity contribution in [3.8, 4) is 34.2 Å². The van der Waals surface area contributed by atoms with Crippen LogP contribution in [0.15, 0.2) is 54.7 Å². The predicted octanol–water partition coefficient (Wildman–Crippen LogP) is 3.93. The molecule has 0 aliphatic heterocycles. The molecule has 2 heterocycles. The van der Waals surface area contributed by atoms with Gasteiger partial charge in [-0.05, 0) is 12.1 Å². The number of para-hydroxylation sites is 1. The second-order valence-corrected chi connectivity index (χ2v) is 5.99. The number of aromatic amines is 1. The van der Waals surface area contributed by atoms with E-state index < -0.39 is 0 Å². The molecular weight excluding hydrogens is 330 g/mol. The Morgan fingerprint density at radius 1 is 1.00 bits per heavy atom. The average Bonchev–Trinajstić information content (AvgIpc) is 3.21. The number of nitrogen functional groups attached to an aromatic ring is 1. The lowest BCUT2D eigenvalue weighted by molar-refractivity contribution is 0.394. The molecule has 4 N–H and O–H groups in total. The predicted molar refractivity (Wildman–Crippen MR) is 102 cm³/mol. The summed E-state index contributed by atoms with van der Waals surface area (Å²) in [4.78, 5) is 3.30. The summed E-state index contributed by atoms with van der Waals surface area (Å²) in [6, 6.07) is 15.3.